The molecule has 0 saturated heterocycles. The van der Waals surface area contributed by atoms with Crippen LogP contribution in [0.2, 0.25) is 0 Å². The van der Waals surface area contributed by atoms with Gasteiger partial charge in [-0.15, -0.1) is 0 Å². The van der Waals surface area contributed by atoms with E-state index in [1.165, 1.54) is 38.5 Å². The maximum Gasteiger partial charge on any atom is 0.306 e. The van der Waals surface area contributed by atoms with Crippen LogP contribution in [0.4, 0.5) is 0 Å². The van der Waals surface area contributed by atoms with Crippen LogP contribution in [-0.4, -0.2) is 11.1 Å². The molecule has 0 aliphatic rings. The number of hydrogen-bond donors (Lipinski definition) is 1. The summed E-state index contributed by atoms with van der Waals surface area (Å²) in [6.45, 7) is 4.18. The molecule has 0 radical (unpaired) electrons. The van der Waals surface area contributed by atoms with Gasteiger partial charge in [0.25, 0.3) is 0 Å². The molecule has 0 saturated carbocycles. The molecule has 0 spiro atoms. The molecule has 0 aromatic rings. The number of carboxylic acids is 1. The van der Waals surface area contributed by atoms with Crippen molar-refractivity contribution in [2.75, 3.05) is 0 Å². The first-order chi connectivity index (χ1) is 7.22. The van der Waals surface area contributed by atoms with Gasteiger partial charge in [-0.2, -0.15) is 0 Å². The molecule has 0 aliphatic carbocycles. The molecule has 1 atom stereocenters. The molecule has 2 heteroatoms. The number of aliphatic carboxylic acids is 1. The molecule has 1 N–H and O–H groups in total. The topological polar surface area (TPSA) is 37.3 Å². The average Bonchev–Trinajstić information content (AvgIpc) is 2.21. The molecule has 15 heavy (non-hydrogen) atoms. The van der Waals surface area contributed by atoms with E-state index in [0.29, 0.717) is 0 Å². The lowest BCUT2D eigenvalue weighted by molar-refractivity contribution is -0.142. The van der Waals surface area contributed by atoms with Gasteiger partial charge in [-0.25, -0.2) is 0 Å². The number of carbonyl (C=O) groups is 1. The molecule has 2 nitrogen and oxygen atoms in total. The van der Waals surface area contributed by atoms with Gasteiger partial charge in [0.2, 0.25) is 0 Å². The van der Waals surface area contributed by atoms with Crippen molar-refractivity contribution < 1.29 is 9.90 Å². The molecule has 0 heterocycles. The zero-order chi connectivity index (χ0) is 11.5. The van der Waals surface area contributed by atoms with Crippen molar-refractivity contribution in [3.8, 4) is 0 Å². The van der Waals surface area contributed by atoms with E-state index >= 15 is 0 Å². The average molecular weight is 214 g/mol. The van der Waals surface area contributed by atoms with Crippen molar-refractivity contribution in [2.45, 2.75) is 71.6 Å². The zero-order valence-corrected chi connectivity index (χ0v) is 10.3. The number of hydrogen-bond acceptors (Lipinski definition) is 1. The van der Waals surface area contributed by atoms with Gasteiger partial charge in [0, 0.05) is 0 Å². The van der Waals surface area contributed by atoms with Gasteiger partial charge >= 0.3 is 5.97 Å². The molecule has 0 fully saturated rings. The van der Waals surface area contributed by atoms with E-state index in [9.17, 15) is 4.79 Å². The van der Waals surface area contributed by atoms with Gasteiger partial charge in [-0.3, -0.25) is 4.79 Å². The van der Waals surface area contributed by atoms with Crippen LogP contribution in [0.3, 0.4) is 0 Å². The summed E-state index contributed by atoms with van der Waals surface area (Å²) >= 11 is 0. The van der Waals surface area contributed by atoms with Crippen molar-refractivity contribution in [1.82, 2.24) is 0 Å². The van der Waals surface area contributed by atoms with E-state index in [4.69, 9.17) is 5.11 Å². The minimum absolute atomic E-state index is 0.111. The quantitative estimate of drug-likeness (QED) is 0.552. The molecular formula is C13H26O2. The van der Waals surface area contributed by atoms with Crippen LogP contribution in [0.1, 0.15) is 71.6 Å². The Morgan fingerprint density at radius 2 is 1.53 bits per heavy atom. The molecule has 0 aromatic heterocycles. The standard InChI is InChI=1S/C13H26O2/c1-3-5-6-7-8-9-10-11-12(4-2)13(14)15/h12H,3-11H2,1-2H3,(H,14,15)/t12-/m1/s1. The highest BCUT2D eigenvalue weighted by atomic mass is 16.4. The van der Waals surface area contributed by atoms with Crippen LogP contribution in [0.5, 0.6) is 0 Å². The predicted molar refractivity (Wildman–Crippen MR) is 64.0 cm³/mol. The zero-order valence-electron chi connectivity index (χ0n) is 10.3. The summed E-state index contributed by atoms with van der Waals surface area (Å²) in [5.41, 5.74) is 0. The first-order valence-corrected chi connectivity index (χ1v) is 6.45. The normalized spacial score (nSPS) is 12.7. The van der Waals surface area contributed by atoms with Crippen LogP contribution >= 0.6 is 0 Å². The van der Waals surface area contributed by atoms with Gasteiger partial charge < -0.3 is 5.11 Å². The Kier molecular flexibility index (Phi) is 9.65. The van der Waals surface area contributed by atoms with Crippen LogP contribution in [0.25, 0.3) is 0 Å². The molecule has 0 unspecified atom stereocenters. The van der Waals surface area contributed by atoms with Gasteiger partial charge in [-0.1, -0.05) is 58.8 Å². The van der Waals surface area contributed by atoms with Crippen molar-refractivity contribution in [2.24, 2.45) is 5.92 Å². The Hall–Kier alpha value is -0.530. The number of rotatable bonds is 10. The van der Waals surface area contributed by atoms with Gasteiger partial charge in [0.1, 0.15) is 0 Å². The highest BCUT2D eigenvalue weighted by Gasteiger charge is 2.13. The number of unbranched alkanes of at least 4 members (excludes halogenated alkanes) is 6. The minimum Gasteiger partial charge on any atom is -0.481 e. The second-order valence-corrected chi connectivity index (χ2v) is 4.35. The van der Waals surface area contributed by atoms with E-state index < -0.39 is 5.97 Å². The predicted octanol–water partition coefficient (Wildman–Crippen LogP) is 4.24. The molecular weight excluding hydrogens is 188 g/mol. The van der Waals surface area contributed by atoms with E-state index in [1.807, 2.05) is 6.92 Å². The molecule has 0 aromatic carbocycles. The SMILES string of the molecule is CCCCCCCCC[C@@H](CC)C(=O)O. The van der Waals surface area contributed by atoms with Crippen molar-refractivity contribution in [3.05, 3.63) is 0 Å². The summed E-state index contributed by atoms with van der Waals surface area (Å²) < 4.78 is 0. The maximum atomic E-state index is 10.7. The fourth-order valence-electron chi connectivity index (χ4n) is 1.85. The van der Waals surface area contributed by atoms with Crippen molar-refractivity contribution >= 4 is 5.97 Å². The first-order valence-electron chi connectivity index (χ1n) is 6.45. The van der Waals surface area contributed by atoms with Crippen molar-refractivity contribution in [1.29, 1.82) is 0 Å². The summed E-state index contributed by atoms with van der Waals surface area (Å²) in [5, 5.41) is 8.85. The third-order valence-corrected chi connectivity index (χ3v) is 3.00. The second kappa shape index (κ2) is 10.0. The lowest BCUT2D eigenvalue weighted by atomic mass is 9.98. The Morgan fingerprint density at radius 3 is 2.00 bits per heavy atom. The van der Waals surface area contributed by atoms with E-state index in [2.05, 4.69) is 6.92 Å². The highest BCUT2D eigenvalue weighted by Crippen LogP contribution is 2.15. The van der Waals surface area contributed by atoms with E-state index in [1.54, 1.807) is 0 Å². The lowest BCUT2D eigenvalue weighted by Crippen LogP contribution is -2.12. The molecule has 0 amide bonds. The van der Waals surface area contributed by atoms with E-state index in [0.717, 1.165) is 19.3 Å². The smallest absolute Gasteiger partial charge is 0.306 e. The van der Waals surface area contributed by atoms with Crippen LogP contribution in [0, 0.1) is 5.92 Å². The summed E-state index contributed by atoms with van der Waals surface area (Å²) in [7, 11) is 0. The molecule has 90 valence electrons. The summed E-state index contributed by atoms with van der Waals surface area (Å²) in [6.07, 6.45) is 10.5. The fourth-order valence-corrected chi connectivity index (χ4v) is 1.85. The maximum absolute atomic E-state index is 10.7. The van der Waals surface area contributed by atoms with Crippen LogP contribution in [-0.2, 0) is 4.79 Å². The first kappa shape index (κ1) is 14.5. The monoisotopic (exact) mass is 214 g/mol. The molecule has 0 rings (SSSR count). The molecule has 0 aliphatic heterocycles. The Labute approximate surface area is 94.1 Å². The summed E-state index contributed by atoms with van der Waals surface area (Å²) in [5.74, 6) is -0.732. The number of carboxylic acid groups (broad SMARTS) is 1. The molecule has 0 bridgehead atoms. The largest absolute Gasteiger partial charge is 0.481 e. The van der Waals surface area contributed by atoms with Crippen molar-refractivity contribution in [3.63, 3.8) is 0 Å². The fraction of sp³-hybridized carbons (Fsp3) is 0.923. The van der Waals surface area contributed by atoms with Crippen LogP contribution in [0.15, 0.2) is 0 Å². The minimum atomic E-state index is -0.622. The van der Waals surface area contributed by atoms with Gasteiger partial charge in [-0.05, 0) is 12.8 Å². The Bertz CT molecular complexity index is 155. The Balaban J connectivity index is 3.25. The van der Waals surface area contributed by atoms with Gasteiger partial charge in [0.15, 0.2) is 0 Å². The van der Waals surface area contributed by atoms with Crippen LogP contribution < -0.4 is 0 Å². The highest BCUT2D eigenvalue weighted by molar-refractivity contribution is 5.69. The van der Waals surface area contributed by atoms with Gasteiger partial charge in [0.05, 0.1) is 5.92 Å². The lowest BCUT2D eigenvalue weighted by Gasteiger charge is -2.08. The third kappa shape index (κ3) is 8.46. The van der Waals surface area contributed by atoms with E-state index in [-0.39, 0.29) is 5.92 Å². The summed E-state index contributed by atoms with van der Waals surface area (Å²) in [4.78, 5) is 10.7. The second-order valence-electron chi connectivity index (χ2n) is 4.35. The third-order valence-electron chi connectivity index (χ3n) is 3.00. The Morgan fingerprint density at radius 1 is 1.00 bits per heavy atom. The summed E-state index contributed by atoms with van der Waals surface area (Å²) in [6, 6.07) is 0.